The van der Waals surface area contributed by atoms with Crippen LogP contribution in [0.2, 0.25) is 0 Å². The van der Waals surface area contributed by atoms with E-state index in [0.717, 1.165) is 18.0 Å². The highest BCUT2D eigenvalue weighted by atomic mass is 15.2. The molecule has 0 aromatic heterocycles. The van der Waals surface area contributed by atoms with Crippen molar-refractivity contribution in [2.45, 2.75) is 84.7 Å². The molecule has 1 saturated heterocycles. The Morgan fingerprint density at radius 3 is 2.53 bits per heavy atom. The van der Waals surface area contributed by atoms with E-state index in [1.807, 2.05) is 0 Å². The van der Waals surface area contributed by atoms with Crippen molar-refractivity contribution in [2.75, 3.05) is 19.6 Å². The molecule has 3 atom stereocenters. The quantitative estimate of drug-likeness (QED) is 0.635. The molecule has 1 aliphatic rings. The van der Waals surface area contributed by atoms with E-state index in [1.165, 1.54) is 64.6 Å². The molecule has 0 saturated carbocycles. The minimum atomic E-state index is 0.733. The predicted molar refractivity (Wildman–Crippen MR) is 85.7 cm³/mol. The van der Waals surface area contributed by atoms with Crippen LogP contribution in [0.5, 0.6) is 0 Å². The number of unbranched alkanes of at least 4 members (excludes halogenated alkanes) is 3. The molecule has 114 valence electrons. The highest BCUT2D eigenvalue weighted by Gasteiger charge is 2.29. The van der Waals surface area contributed by atoms with Crippen molar-refractivity contribution < 1.29 is 0 Å². The third-order valence-corrected chi connectivity index (χ3v) is 4.78. The fourth-order valence-electron chi connectivity index (χ4n) is 3.27. The Labute approximate surface area is 121 Å². The zero-order chi connectivity index (χ0) is 14.1. The Kier molecular flexibility index (Phi) is 8.72. The number of nitrogens with zero attached hydrogens (tertiary/aromatic N) is 1. The number of piperazine rings is 1. The number of rotatable bonds is 9. The van der Waals surface area contributed by atoms with Crippen molar-refractivity contribution in [1.82, 2.24) is 10.2 Å². The van der Waals surface area contributed by atoms with E-state index >= 15 is 0 Å². The Morgan fingerprint density at radius 1 is 1.11 bits per heavy atom. The number of hydrogen-bond donors (Lipinski definition) is 1. The third-order valence-electron chi connectivity index (χ3n) is 4.78. The SMILES string of the molecule is CCCCCCN1CC(CCC)NCC1C(C)CC. The van der Waals surface area contributed by atoms with E-state index in [0.29, 0.717) is 0 Å². The summed E-state index contributed by atoms with van der Waals surface area (Å²) in [6.07, 6.45) is 9.48. The van der Waals surface area contributed by atoms with E-state index in [1.54, 1.807) is 0 Å². The third kappa shape index (κ3) is 5.83. The van der Waals surface area contributed by atoms with Crippen LogP contribution in [0.25, 0.3) is 0 Å². The van der Waals surface area contributed by atoms with Crippen LogP contribution < -0.4 is 5.32 Å². The summed E-state index contributed by atoms with van der Waals surface area (Å²) in [5.41, 5.74) is 0. The standard InChI is InChI=1S/C17H36N2/c1-5-8-9-10-12-19-14-16(11-6-2)18-13-17(19)15(4)7-3/h15-18H,5-14H2,1-4H3. The Hall–Kier alpha value is -0.0800. The molecular weight excluding hydrogens is 232 g/mol. The number of nitrogens with one attached hydrogen (secondary N) is 1. The second kappa shape index (κ2) is 9.77. The van der Waals surface area contributed by atoms with Gasteiger partial charge in [0.15, 0.2) is 0 Å². The summed E-state index contributed by atoms with van der Waals surface area (Å²) in [7, 11) is 0. The molecule has 1 heterocycles. The van der Waals surface area contributed by atoms with Crippen LogP contribution in [-0.2, 0) is 0 Å². The summed E-state index contributed by atoms with van der Waals surface area (Å²) in [6, 6.07) is 1.50. The van der Waals surface area contributed by atoms with Gasteiger partial charge in [0, 0.05) is 25.2 Å². The van der Waals surface area contributed by atoms with Gasteiger partial charge in [-0.05, 0) is 25.3 Å². The van der Waals surface area contributed by atoms with Crippen LogP contribution in [0.3, 0.4) is 0 Å². The van der Waals surface area contributed by atoms with Crippen LogP contribution in [0.1, 0.15) is 72.6 Å². The average Bonchev–Trinajstić information content (AvgIpc) is 2.43. The molecule has 2 nitrogen and oxygen atoms in total. The average molecular weight is 268 g/mol. The lowest BCUT2D eigenvalue weighted by Crippen LogP contribution is -2.58. The molecule has 0 amide bonds. The van der Waals surface area contributed by atoms with Gasteiger partial charge in [-0.15, -0.1) is 0 Å². The Balaban J connectivity index is 2.45. The molecule has 1 fully saturated rings. The van der Waals surface area contributed by atoms with E-state index < -0.39 is 0 Å². The molecule has 0 radical (unpaired) electrons. The molecule has 0 aliphatic carbocycles. The summed E-state index contributed by atoms with van der Waals surface area (Å²) in [6.45, 7) is 13.1. The Morgan fingerprint density at radius 2 is 1.89 bits per heavy atom. The number of hydrogen-bond acceptors (Lipinski definition) is 2. The van der Waals surface area contributed by atoms with E-state index in [-0.39, 0.29) is 0 Å². The first-order chi connectivity index (χ1) is 9.22. The van der Waals surface area contributed by atoms with E-state index in [9.17, 15) is 0 Å². The summed E-state index contributed by atoms with van der Waals surface area (Å²) < 4.78 is 0. The van der Waals surface area contributed by atoms with Gasteiger partial charge in [-0.3, -0.25) is 4.90 Å². The first kappa shape index (κ1) is 17.0. The minimum absolute atomic E-state index is 0.733. The molecule has 0 aromatic rings. The maximum Gasteiger partial charge on any atom is 0.0246 e. The molecule has 19 heavy (non-hydrogen) atoms. The topological polar surface area (TPSA) is 15.3 Å². The predicted octanol–water partition coefficient (Wildman–Crippen LogP) is 4.06. The van der Waals surface area contributed by atoms with Crippen molar-refractivity contribution in [1.29, 1.82) is 0 Å². The van der Waals surface area contributed by atoms with E-state index in [2.05, 4.69) is 37.9 Å². The lowest BCUT2D eigenvalue weighted by atomic mass is 9.93. The van der Waals surface area contributed by atoms with Crippen molar-refractivity contribution in [3.63, 3.8) is 0 Å². The highest BCUT2D eigenvalue weighted by molar-refractivity contribution is 4.88. The van der Waals surface area contributed by atoms with Gasteiger partial charge in [0.1, 0.15) is 0 Å². The molecule has 0 bridgehead atoms. The van der Waals surface area contributed by atoms with Crippen molar-refractivity contribution >= 4 is 0 Å². The summed E-state index contributed by atoms with van der Waals surface area (Å²) in [4.78, 5) is 2.79. The largest absolute Gasteiger partial charge is 0.311 e. The van der Waals surface area contributed by atoms with Gasteiger partial charge in [-0.2, -0.15) is 0 Å². The molecule has 1 N–H and O–H groups in total. The Bertz CT molecular complexity index is 217. The van der Waals surface area contributed by atoms with Gasteiger partial charge in [0.2, 0.25) is 0 Å². The van der Waals surface area contributed by atoms with E-state index in [4.69, 9.17) is 0 Å². The first-order valence-corrected chi connectivity index (χ1v) is 8.70. The van der Waals surface area contributed by atoms with Gasteiger partial charge in [-0.25, -0.2) is 0 Å². The second-order valence-corrected chi connectivity index (χ2v) is 6.40. The van der Waals surface area contributed by atoms with Gasteiger partial charge in [-0.1, -0.05) is 59.8 Å². The molecular formula is C17H36N2. The molecule has 0 spiro atoms. The van der Waals surface area contributed by atoms with Crippen LogP contribution in [0, 0.1) is 5.92 Å². The van der Waals surface area contributed by atoms with Crippen LogP contribution in [-0.4, -0.2) is 36.6 Å². The monoisotopic (exact) mass is 268 g/mol. The molecule has 0 aromatic carbocycles. The van der Waals surface area contributed by atoms with Gasteiger partial charge in [0.05, 0.1) is 0 Å². The first-order valence-electron chi connectivity index (χ1n) is 8.70. The summed E-state index contributed by atoms with van der Waals surface area (Å²) >= 11 is 0. The molecule has 2 heteroatoms. The van der Waals surface area contributed by atoms with Crippen molar-refractivity contribution in [2.24, 2.45) is 5.92 Å². The summed E-state index contributed by atoms with van der Waals surface area (Å²) in [5.74, 6) is 0.821. The van der Waals surface area contributed by atoms with Crippen LogP contribution >= 0.6 is 0 Å². The smallest absolute Gasteiger partial charge is 0.0246 e. The van der Waals surface area contributed by atoms with Gasteiger partial charge < -0.3 is 5.32 Å². The zero-order valence-corrected chi connectivity index (χ0v) is 13.8. The van der Waals surface area contributed by atoms with Gasteiger partial charge in [0.25, 0.3) is 0 Å². The summed E-state index contributed by atoms with van der Waals surface area (Å²) in [5, 5.41) is 3.78. The minimum Gasteiger partial charge on any atom is -0.311 e. The molecule has 3 unspecified atom stereocenters. The highest BCUT2D eigenvalue weighted by Crippen LogP contribution is 2.20. The maximum absolute atomic E-state index is 3.78. The normalized spacial score (nSPS) is 26.5. The fourth-order valence-corrected chi connectivity index (χ4v) is 3.27. The lowest BCUT2D eigenvalue weighted by Gasteiger charge is -2.43. The van der Waals surface area contributed by atoms with Crippen molar-refractivity contribution in [3.8, 4) is 0 Å². The molecule has 1 rings (SSSR count). The van der Waals surface area contributed by atoms with Crippen LogP contribution in [0.15, 0.2) is 0 Å². The zero-order valence-electron chi connectivity index (χ0n) is 13.8. The van der Waals surface area contributed by atoms with Crippen molar-refractivity contribution in [3.05, 3.63) is 0 Å². The fraction of sp³-hybridized carbons (Fsp3) is 1.00. The second-order valence-electron chi connectivity index (χ2n) is 6.40. The van der Waals surface area contributed by atoms with Gasteiger partial charge >= 0.3 is 0 Å². The lowest BCUT2D eigenvalue weighted by molar-refractivity contribution is 0.0869. The molecule has 1 aliphatic heterocycles. The maximum atomic E-state index is 3.78. The van der Waals surface area contributed by atoms with Crippen LogP contribution in [0.4, 0.5) is 0 Å².